The Morgan fingerprint density at radius 1 is 1.24 bits per heavy atom. The van der Waals surface area contributed by atoms with E-state index in [0.717, 1.165) is 33.5 Å². The molecule has 0 aliphatic carbocycles. The Balaban J connectivity index is 1.51. The van der Waals surface area contributed by atoms with Crippen LogP contribution in [0.2, 0.25) is 0 Å². The minimum atomic E-state index is -0.174. The maximum Gasteiger partial charge on any atom is 0.276 e. The molecular formula is C24H23BrN4O3S. The highest BCUT2D eigenvalue weighted by molar-refractivity contribution is 9.10. The van der Waals surface area contributed by atoms with Crippen LogP contribution in [0.5, 0.6) is 11.5 Å². The molecule has 0 bridgehead atoms. The van der Waals surface area contributed by atoms with Gasteiger partial charge in [0.25, 0.3) is 5.91 Å². The van der Waals surface area contributed by atoms with Crippen LogP contribution in [0.3, 0.4) is 0 Å². The van der Waals surface area contributed by atoms with Gasteiger partial charge in [-0.05, 0) is 61.1 Å². The molecule has 2 aromatic carbocycles. The topological polar surface area (TPSA) is 68.6 Å². The van der Waals surface area contributed by atoms with Gasteiger partial charge in [-0.15, -0.1) is 0 Å². The van der Waals surface area contributed by atoms with Crippen LogP contribution in [0.15, 0.2) is 65.0 Å². The van der Waals surface area contributed by atoms with Crippen LogP contribution in [0.1, 0.15) is 23.6 Å². The van der Waals surface area contributed by atoms with Crippen molar-refractivity contribution in [1.29, 1.82) is 0 Å². The molecule has 1 saturated heterocycles. The number of nitrogens with one attached hydrogen (secondary N) is 1. The van der Waals surface area contributed by atoms with E-state index in [4.69, 9.17) is 21.7 Å². The monoisotopic (exact) mass is 526 g/mol. The fourth-order valence-corrected chi connectivity index (χ4v) is 4.08. The highest BCUT2D eigenvalue weighted by Crippen LogP contribution is 2.25. The van der Waals surface area contributed by atoms with Crippen LogP contribution in [0.4, 0.5) is 0 Å². The van der Waals surface area contributed by atoms with Gasteiger partial charge in [-0.3, -0.25) is 14.4 Å². The standard InChI is InChI=1S/C24H23BrN4O3S/c1-3-28-13-17(12-26-28)14-29-23(30)21(27-24(29)33)10-16-7-8-22(31-2)18(9-16)15-32-20-6-4-5-19(25)11-20/h4-13H,3,14-15H2,1-2H3,(H,27,33)/b21-10+. The molecule has 1 aromatic heterocycles. The minimum absolute atomic E-state index is 0.174. The molecule has 0 saturated carbocycles. The molecule has 1 aliphatic rings. The smallest absolute Gasteiger partial charge is 0.276 e. The van der Waals surface area contributed by atoms with Crippen molar-refractivity contribution in [1.82, 2.24) is 20.0 Å². The number of methoxy groups -OCH3 is 1. The van der Waals surface area contributed by atoms with E-state index < -0.39 is 0 Å². The summed E-state index contributed by atoms with van der Waals surface area (Å²) in [6.07, 6.45) is 5.45. The quantitative estimate of drug-likeness (QED) is 0.344. The number of benzene rings is 2. The Morgan fingerprint density at radius 2 is 2.09 bits per heavy atom. The summed E-state index contributed by atoms with van der Waals surface area (Å²) < 4.78 is 14.2. The molecule has 9 heteroatoms. The first kappa shape index (κ1) is 23.0. The molecule has 2 heterocycles. The lowest BCUT2D eigenvalue weighted by atomic mass is 10.1. The Hall–Kier alpha value is -3.17. The van der Waals surface area contributed by atoms with Gasteiger partial charge in [0.15, 0.2) is 5.11 Å². The zero-order valence-electron chi connectivity index (χ0n) is 18.2. The Labute approximate surface area is 206 Å². The number of aryl methyl sites for hydroxylation is 1. The molecule has 7 nitrogen and oxygen atoms in total. The number of carbonyl (C=O) groups is 1. The van der Waals surface area contributed by atoms with Gasteiger partial charge in [0, 0.05) is 28.3 Å². The second-order valence-corrected chi connectivity index (χ2v) is 8.70. The Morgan fingerprint density at radius 3 is 2.82 bits per heavy atom. The number of halogens is 1. The lowest BCUT2D eigenvalue weighted by Crippen LogP contribution is -2.29. The van der Waals surface area contributed by atoms with Crippen LogP contribution in [-0.2, 0) is 24.5 Å². The van der Waals surface area contributed by atoms with Crippen LogP contribution in [0.25, 0.3) is 6.08 Å². The summed E-state index contributed by atoms with van der Waals surface area (Å²) in [5, 5.41) is 7.66. The summed E-state index contributed by atoms with van der Waals surface area (Å²) in [6.45, 7) is 3.48. The van der Waals surface area contributed by atoms with Crippen molar-refractivity contribution in [3.05, 3.63) is 81.7 Å². The highest BCUT2D eigenvalue weighted by atomic mass is 79.9. The third kappa shape index (κ3) is 5.43. The lowest BCUT2D eigenvalue weighted by molar-refractivity contribution is -0.122. The van der Waals surface area contributed by atoms with E-state index in [1.165, 1.54) is 0 Å². The van der Waals surface area contributed by atoms with Gasteiger partial charge in [0.1, 0.15) is 23.8 Å². The molecule has 0 radical (unpaired) electrons. The molecule has 1 aliphatic heterocycles. The molecule has 1 N–H and O–H groups in total. The number of nitrogens with zero attached hydrogens (tertiary/aromatic N) is 3. The van der Waals surface area contributed by atoms with E-state index in [1.54, 1.807) is 24.3 Å². The van der Waals surface area contributed by atoms with E-state index in [0.29, 0.717) is 29.7 Å². The number of hydrogen-bond acceptors (Lipinski definition) is 5. The van der Waals surface area contributed by atoms with Crippen LogP contribution >= 0.6 is 28.1 Å². The summed E-state index contributed by atoms with van der Waals surface area (Å²) in [7, 11) is 1.62. The van der Waals surface area contributed by atoms with Crippen molar-refractivity contribution in [2.75, 3.05) is 7.11 Å². The largest absolute Gasteiger partial charge is 0.496 e. The number of amides is 1. The molecule has 33 heavy (non-hydrogen) atoms. The van der Waals surface area contributed by atoms with E-state index in [9.17, 15) is 4.79 Å². The predicted molar refractivity (Wildman–Crippen MR) is 134 cm³/mol. The van der Waals surface area contributed by atoms with Gasteiger partial charge in [0.2, 0.25) is 0 Å². The van der Waals surface area contributed by atoms with Crippen molar-refractivity contribution in [3.63, 3.8) is 0 Å². The summed E-state index contributed by atoms with van der Waals surface area (Å²) in [5.74, 6) is 1.28. The van der Waals surface area contributed by atoms with E-state index in [-0.39, 0.29) is 5.91 Å². The zero-order chi connectivity index (χ0) is 23.4. The average Bonchev–Trinajstić information content (AvgIpc) is 3.38. The van der Waals surface area contributed by atoms with Crippen molar-refractivity contribution >= 4 is 45.2 Å². The third-order valence-corrected chi connectivity index (χ3v) is 5.94. The SMILES string of the molecule is CCn1cc(CN2C(=O)/C(=C\c3ccc(OC)c(COc4cccc(Br)c4)c3)NC2=S)cn1. The van der Waals surface area contributed by atoms with Crippen molar-refractivity contribution in [3.8, 4) is 11.5 Å². The molecule has 170 valence electrons. The predicted octanol–water partition coefficient (Wildman–Crippen LogP) is 4.51. The third-order valence-electron chi connectivity index (χ3n) is 5.12. The Kier molecular flexibility index (Phi) is 7.10. The first-order valence-corrected chi connectivity index (χ1v) is 11.6. The van der Waals surface area contributed by atoms with Gasteiger partial charge in [0.05, 0.1) is 19.9 Å². The lowest BCUT2D eigenvalue weighted by Gasteiger charge is -2.12. The number of rotatable bonds is 8. The van der Waals surface area contributed by atoms with Gasteiger partial charge >= 0.3 is 0 Å². The number of thiocarbonyl (C=S) groups is 1. The van der Waals surface area contributed by atoms with Gasteiger partial charge in [-0.2, -0.15) is 5.10 Å². The van der Waals surface area contributed by atoms with Crippen molar-refractivity contribution < 1.29 is 14.3 Å². The molecule has 0 atom stereocenters. The minimum Gasteiger partial charge on any atom is -0.496 e. The number of hydrogen-bond donors (Lipinski definition) is 1. The molecule has 4 rings (SSSR count). The second-order valence-electron chi connectivity index (χ2n) is 7.40. The first-order chi connectivity index (χ1) is 16.0. The molecule has 3 aromatic rings. The molecule has 0 unspecified atom stereocenters. The first-order valence-electron chi connectivity index (χ1n) is 10.4. The summed E-state index contributed by atoms with van der Waals surface area (Å²) in [4.78, 5) is 14.5. The van der Waals surface area contributed by atoms with Crippen molar-refractivity contribution in [2.45, 2.75) is 26.6 Å². The van der Waals surface area contributed by atoms with Crippen LogP contribution in [-0.4, -0.2) is 32.8 Å². The molecule has 1 amide bonds. The number of aromatic nitrogens is 2. The normalized spacial score (nSPS) is 14.6. The summed E-state index contributed by atoms with van der Waals surface area (Å²) in [6, 6.07) is 13.3. The van der Waals surface area contributed by atoms with Gasteiger partial charge in [-0.25, -0.2) is 0 Å². The van der Waals surface area contributed by atoms with E-state index in [1.807, 2.05) is 60.3 Å². The molecule has 1 fully saturated rings. The van der Waals surface area contributed by atoms with Gasteiger partial charge < -0.3 is 14.8 Å². The molecule has 0 spiro atoms. The maximum absolute atomic E-state index is 13.0. The number of ether oxygens (including phenoxy) is 2. The van der Waals surface area contributed by atoms with E-state index >= 15 is 0 Å². The Bertz CT molecular complexity index is 1220. The average molecular weight is 527 g/mol. The maximum atomic E-state index is 13.0. The fraction of sp³-hybridized carbons (Fsp3) is 0.208. The van der Waals surface area contributed by atoms with Gasteiger partial charge in [-0.1, -0.05) is 28.1 Å². The highest BCUT2D eigenvalue weighted by Gasteiger charge is 2.30. The van der Waals surface area contributed by atoms with Crippen molar-refractivity contribution in [2.24, 2.45) is 0 Å². The van der Waals surface area contributed by atoms with E-state index in [2.05, 4.69) is 26.3 Å². The summed E-state index contributed by atoms with van der Waals surface area (Å²) in [5.41, 5.74) is 3.05. The van der Waals surface area contributed by atoms with Crippen LogP contribution in [0, 0.1) is 0 Å². The second kappa shape index (κ2) is 10.2. The number of carbonyl (C=O) groups excluding carboxylic acids is 1. The van der Waals surface area contributed by atoms with Crippen LogP contribution < -0.4 is 14.8 Å². The zero-order valence-corrected chi connectivity index (χ0v) is 20.6. The fourth-order valence-electron chi connectivity index (χ4n) is 3.44. The molecular weight excluding hydrogens is 504 g/mol. The summed E-state index contributed by atoms with van der Waals surface area (Å²) >= 11 is 8.85.